The molecule has 0 unspecified atom stereocenters. The highest BCUT2D eigenvalue weighted by Crippen LogP contribution is 2.26. The van der Waals surface area contributed by atoms with Crippen molar-refractivity contribution in [2.45, 2.75) is 19.6 Å². The van der Waals surface area contributed by atoms with Crippen molar-refractivity contribution in [1.82, 2.24) is 4.98 Å². The van der Waals surface area contributed by atoms with Gasteiger partial charge < -0.3 is 10.0 Å². The van der Waals surface area contributed by atoms with Gasteiger partial charge in [-0.2, -0.15) is 0 Å². The van der Waals surface area contributed by atoms with Crippen LogP contribution in [0.4, 0.5) is 5.69 Å². The summed E-state index contributed by atoms with van der Waals surface area (Å²) in [5, 5.41) is 9.78. The molecule has 0 spiro atoms. The number of anilines is 1. The third-order valence-electron chi connectivity index (χ3n) is 2.94. The molecule has 0 amide bonds. The third kappa shape index (κ3) is 2.87. The Morgan fingerprint density at radius 2 is 2.00 bits per heavy atom. The van der Waals surface area contributed by atoms with E-state index in [2.05, 4.69) is 16.0 Å². The summed E-state index contributed by atoms with van der Waals surface area (Å²) in [7, 11) is 2.02. The fourth-order valence-corrected chi connectivity index (χ4v) is 2.04. The fraction of sp³-hybridized carbons (Fsp3) is 0.267. The first-order chi connectivity index (χ1) is 8.68. The number of nitrogens with zero attached hydrogens (tertiary/aromatic N) is 2. The summed E-state index contributed by atoms with van der Waals surface area (Å²) in [6.45, 7) is 2.56. The summed E-state index contributed by atoms with van der Waals surface area (Å²) in [6, 6.07) is 11.9. The predicted octanol–water partition coefficient (Wildman–Crippen LogP) is 2.77. The number of rotatable bonds is 4. The first-order valence-electron chi connectivity index (χ1n) is 6.05. The molecule has 1 N–H and O–H groups in total. The van der Waals surface area contributed by atoms with Crippen molar-refractivity contribution < 1.29 is 5.11 Å². The molecular weight excluding hydrogens is 224 g/mol. The lowest BCUT2D eigenvalue weighted by Gasteiger charge is -2.23. The molecule has 94 valence electrons. The topological polar surface area (TPSA) is 36.4 Å². The van der Waals surface area contributed by atoms with Crippen molar-refractivity contribution in [3.8, 4) is 0 Å². The monoisotopic (exact) mass is 242 g/mol. The van der Waals surface area contributed by atoms with Crippen LogP contribution in [0.15, 0.2) is 48.8 Å². The van der Waals surface area contributed by atoms with Crippen LogP contribution in [0, 0.1) is 0 Å². The quantitative estimate of drug-likeness (QED) is 0.895. The Kier molecular flexibility index (Phi) is 3.95. The van der Waals surface area contributed by atoms with Gasteiger partial charge in [-0.25, -0.2) is 0 Å². The highest BCUT2D eigenvalue weighted by Gasteiger charge is 2.10. The number of hydrogen-bond acceptors (Lipinski definition) is 3. The standard InChI is InChI=1S/C15H18N2O/c1-12(18)14-7-3-4-8-15(14)17(2)11-13-6-5-9-16-10-13/h3-10,12,18H,11H2,1-2H3/t12-/m0/s1. The van der Waals surface area contributed by atoms with E-state index in [4.69, 9.17) is 0 Å². The average Bonchev–Trinajstić information content (AvgIpc) is 2.40. The number of benzene rings is 1. The van der Waals surface area contributed by atoms with E-state index in [9.17, 15) is 5.11 Å². The molecule has 1 aromatic heterocycles. The molecule has 1 aromatic carbocycles. The van der Waals surface area contributed by atoms with E-state index in [-0.39, 0.29) is 0 Å². The van der Waals surface area contributed by atoms with Crippen LogP contribution in [0.1, 0.15) is 24.2 Å². The lowest BCUT2D eigenvalue weighted by Crippen LogP contribution is -2.18. The number of para-hydroxylation sites is 1. The average molecular weight is 242 g/mol. The summed E-state index contributed by atoms with van der Waals surface area (Å²) >= 11 is 0. The normalized spacial score (nSPS) is 12.2. The molecule has 3 nitrogen and oxygen atoms in total. The van der Waals surface area contributed by atoms with Crippen LogP contribution < -0.4 is 4.90 Å². The maximum Gasteiger partial charge on any atom is 0.0781 e. The summed E-state index contributed by atoms with van der Waals surface area (Å²) in [5.74, 6) is 0. The molecule has 3 heteroatoms. The fourth-order valence-electron chi connectivity index (χ4n) is 2.04. The van der Waals surface area contributed by atoms with Gasteiger partial charge in [-0.1, -0.05) is 24.3 Å². The van der Waals surface area contributed by atoms with E-state index in [1.807, 2.05) is 43.6 Å². The lowest BCUT2D eigenvalue weighted by atomic mass is 10.1. The van der Waals surface area contributed by atoms with Gasteiger partial charge in [0, 0.05) is 37.2 Å². The maximum absolute atomic E-state index is 9.78. The van der Waals surface area contributed by atoms with Gasteiger partial charge in [0.1, 0.15) is 0 Å². The highest BCUT2D eigenvalue weighted by atomic mass is 16.3. The summed E-state index contributed by atoms with van der Waals surface area (Å²) in [5.41, 5.74) is 3.15. The molecule has 0 aliphatic carbocycles. The molecule has 1 atom stereocenters. The Hall–Kier alpha value is -1.87. The van der Waals surface area contributed by atoms with Crippen molar-refractivity contribution in [3.63, 3.8) is 0 Å². The van der Waals surface area contributed by atoms with Gasteiger partial charge in [-0.3, -0.25) is 4.98 Å². The van der Waals surface area contributed by atoms with Crippen molar-refractivity contribution in [2.75, 3.05) is 11.9 Å². The highest BCUT2D eigenvalue weighted by molar-refractivity contribution is 5.54. The zero-order valence-corrected chi connectivity index (χ0v) is 10.7. The van der Waals surface area contributed by atoms with Crippen molar-refractivity contribution >= 4 is 5.69 Å². The molecule has 18 heavy (non-hydrogen) atoms. The van der Waals surface area contributed by atoms with Crippen LogP contribution in [0.3, 0.4) is 0 Å². The van der Waals surface area contributed by atoms with Crippen molar-refractivity contribution in [2.24, 2.45) is 0 Å². The molecule has 1 heterocycles. The summed E-state index contributed by atoms with van der Waals surface area (Å²) in [6.07, 6.45) is 3.17. The van der Waals surface area contributed by atoms with E-state index < -0.39 is 6.10 Å². The van der Waals surface area contributed by atoms with Crippen LogP contribution in [0.25, 0.3) is 0 Å². The van der Waals surface area contributed by atoms with Gasteiger partial charge in [0.05, 0.1) is 6.10 Å². The Balaban J connectivity index is 2.21. The second kappa shape index (κ2) is 5.65. The maximum atomic E-state index is 9.78. The van der Waals surface area contributed by atoms with E-state index in [1.54, 1.807) is 13.1 Å². The Labute approximate surface area is 108 Å². The van der Waals surface area contributed by atoms with Crippen molar-refractivity contribution in [3.05, 3.63) is 59.9 Å². The van der Waals surface area contributed by atoms with Crippen LogP contribution in [-0.2, 0) is 6.54 Å². The van der Waals surface area contributed by atoms with Gasteiger partial charge in [-0.15, -0.1) is 0 Å². The second-order valence-electron chi connectivity index (χ2n) is 4.45. The number of aliphatic hydroxyl groups excluding tert-OH is 1. The first-order valence-corrected chi connectivity index (χ1v) is 6.05. The van der Waals surface area contributed by atoms with Crippen LogP contribution >= 0.6 is 0 Å². The molecular formula is C15H18N2O. The molecule has 0 aliphatic rings. The predicted molar refractivity (Wildman–Crippen MR) is 73.4 cm³/mol. The van der Waals surface area contributed by atoms with Crippen LogP contribution in [-0.4, -0.2) is 17.1 Å². The largest absolute Gasteiger partial charge is 0.389 e. The number of aromatic nitrogens is 1. The summed E-state index contributed by atoms with van der Waals surface area (Å²) in [4.78, 5) is 6.24. The number of aliphatic hydroxyl groups is 1. The van der Waals surface area contributed by atoms with E-state index in [1.165, 1.54) is 0 Å². The molecule has 0 saturated carbocycles. The Bertz CT molecular complexity index is 497. The van der Waals surface area contributed by atoms with Gasteiger partial charge in [0.2, 0.25) is 0 Å². The molecule has 0 aliphatic heterocycles. The molecule has 0 bridgehead atoms. The van der Waals surface area contributed by atoms with E-state index >= 15 is 0 Å². The smallest absolute Gasteiger partial charge is 0.0781 e. The number of hydrogen-bond donors (Lipinski definition) is 1. The minimum Gasteiger partial charge on any atom is -0.389 e. The minimum absolute atomic E-state index is 0.461. The Morgan fingerprint density at radius 3 is 2.67 bits per heavy atom. The zero-order chi connectivity index (χ0) is 13.0. The SMILES string of the molecule is C[C@H](O)c1ccccc1N(C)Cc1cccnc1. The lowest BCUT2D eigenvalue weighted by molar-refractivity contribution is 0.199. The number of pyridine rings is 1. The van der Waals surface area contributed by atoms with Crippen molar-refractivity contribution in [1.29, 1.82) is 0 Å². The molecule has 0 saturated heterocycles. The van der Waals surface area contributed by atoms with Gasteiger partial charge in [0.25, 0.3) is 0 Å². The molecule has 2 rings (SSSR count). The second-order valence-corrected chi connectivity index (χ2v) is 4.45. The molecule has 2 aromatic rings. The van der Waals surface area contributed by atoms with Crippen LogP contribution in [0.2, 0.25) is 0 Å². The van der Waals surface area contributed by atoms with Gasteiger partial charge in [-0.05, 0) is 24.6 Å². The van der Waals surface area contributed by atoms with Gasteiger partial charge in [0.15, 0.2) is 0 Å². The minimum atomic E-state index is -0.461. The third-order valence-corrected chi connectivity index (χ3v) is 2.94. The van der Waals surface area contributed by atoms with Gasteiger partial charge >= 0.3 is 0 Å². The summed E-state index contributed by atoms with van der Waals surface area (Å²) < 4.78 is 0. The zero-order valence-electron chi connectivity index (χ0n) is 10.7. The Morgan fingerprint density at radius 1 is 1.22 bits per heavy atom. The van der Waals surface area contributed by atoms with E-state index in [0.29, 0.717) is 0 Å². The van der Waals surface area contributed by atoms with Crippen LogP contribution in [0.5, 0.6) is 0 Å². The van der Waals surface area contributed by atoms with E-state index in [0.717, 1.165) is 23.4 Å². The first kappa shape index (κ1) is 12.6. The molecule has 0 radical (unpaired) electrons. The molecule has 0 fully saturated rings.